The highest BCUT2D eigenvalue weighted by molar-refractivity contribution is 5.92. The predicted molar refractivity (Wildman–Crippen MR) is 143 cm³/mol. The highest BCUT2D eigenvalue weighted by Crippen LogP contribution is 2.29. The van der Waals surface area contributed by atoms with Crippen LogP contribution in [0.2, 0.25) is 0 Å². The highest BCUT2D eigenvalue weighted by Gasteiger charge is 2.30. The molecule has 2 aromatic heterocycles. The topological polar surface area (TPSA) is 120 Å². The number of rotatable bonds is 12. The van der Waals surface area contributed by atoms with Gasteiger partial charge in [-0.1, -0.05) is 17.3 Å². The van der Waals surface area contributed by atoms with E-state index in [4.69, 9.17) is 0 Å². The van der Waals surface area contributed by atoms with Crippen molar-refractivity contribution in [3.8, 4) is 0 Å². The number of halogens is 5. The van der Waals surface area contributed by atoms with Gasteiger partial charge in [0.2, 0.25) is 0 Å². The smallest absolute Gasteiger partial charge is 0.347 e. The number of benzene rings is 1. The van der Waals surface area contributed by atoms with Crippen LogP contribution in [0.25, 0.3) is 0 Å². The van der Waals surface area contributed by atoms with E-state index in [9.17, 15) is 31.5 Å². The van der Waals surface area contributed by atoms with Crippen LogP contribution in [0.3, 0.4) is 0 Å². The first-order valence-corrected chi connectivity index (χ1v) is 13.2. The molecule has 0 unspecified atom stereocenters. The summed E-state index contributed by atoms with van der Waals surface area (Å²) in [6.45, 7) is 1.67. The number of carbonyl (C=O) groups is 2. The van der Waals surface area contributed by atoms with Gasteiger partial charge < -0.3 is 10.6 Å². The predicted octanol–water partition coefficient (Wildman–Crippen LogP) is 3.34. The van der Waals surface area contributed by atoms with E-state index in [1.54, 1.807) is 18.3 Å². The molecule has 0 fully saturated rings. The molecule has 16 heteroatoms. The molecule has 1 aromatic carbocycles. The fraction of sp³-hybridized carbons (Fsp3) is 0.370. The van der Waals surface area contributed by atoms with Gasteiger partial charge in [0.05, 0.1) is 24.0 Å². The maximum absolute atomic E-state index is 13.6. The number of hydrogen-bond donors (Lipinski definition) is 3. The number of hydrazine groups is 2. The molecule has 1 aliphatic rings. The second-order valence-electron chi connectivity index (χ2n) is 9.93. The van der Waals surface area contributed by atoms with Crippen LogP contribution in [-0.2, 0) is 36.5 Å². The molecule has 1 aliphatic heterocycles. The van der Waals surface area contributed by atoms with Crippen molar-refractivity contribution in [3.63, 3.8) is 0 Å². The van der Waals surface area contributed by atoms with Crippen LogP contribution in [0.4, 0.5) is 22.0 Å². The van der Waals surface area contributed by atoms with Crippen LogP contribution in [0, 0.1) is 0 Å². The highest BCUT2D eigenvalue weighted by atomic mass is 19.4. The van der Waals surface area contributed by atoms with Crippen molar-refractivity contribution >= 4 is 11.8 Å². The van der Waals surface area contributed by atoms with Gasteiger partial charge in [0, 0.05) is 51.6 Å². The average Bonchev–Trinajstić information content (AvgIpc) is 3.59. The lowest BCUT2D eigenvalue weighted by molar-refractivity contribution is -0.137. The summed E-state index contributed by atoms with van der Waals surface area (Å²) < 4.78 is 67.2. The molecule has 0 bridgehead atoms. The van der Waals surface area contributed by atoms with Crippen LogP contribution in [-0.4, -0.2) is 55.4 Å². The van der Waals surface area contributed by atoms with Gasteiger partial charge in [-0.3, -0.25) is 29.3 Å². The summed E-state index contributed by atoms with van der Waals surface area (Å²) in [4.78, 5) is 29.1. The molecule has 0 spiro atoms. The number of aryl methyl sites for hydroxylation is 1. The van der Waals surface area contributed by atoms with E-state index in [2.05, 4.69) is 31.5 Å². The molecule has 0 saturated carbocycles. The maximum Gasteiger partial charge on any atom is 0.416 e. The zero-order valence-corrected chi connectivity index (χ0v) is 23.3. The van der Waals surface area contributed by atoms with Crippen molar-refractivity contribution in [1.82, 2.24) is 46.2 Å². The first kappa shape index (κ1) is 31.3. The SMILES string of the molecule is CN1NN(CCCCn2cc(C(=O)NCc3cccc(C(F)(F)F)c3)nn2)C=C1C(=O)NCc1cc(C(C)(F)F)ccn1. The van der Waals surface area contributed by atoms with Gasteiger partial charge in [0.25, 0.3) is 17.7 Å². The lowest BCUT2D eigenvalue weighted by atomic mass is 10.1. The van der Waals surface area contributed by atoms with Gasteiger partial charge >= 0.3 is 6.18 Å². The van der Waals surface area contributed by atoms with Gasteiger partial charge in [-0.2, -0.15) is 13.2 Å². The molecular formula is C27H30F5N9O2. The number of amides is 2. The first-order valence-electron chi connectivity index (χ1n) is 13.2. The molecule has 43 heavy (non-hydrogen) atoms. The lowest BCUT2D eigenvalue weighted by Gasteiger charge is -2.20. The van der Waals surface area contributed by atoms with Crippen LogP contribution in [0.15, 0.2) is 60.7 Å². The molecule has 11 nitrogen and oxygen atoms in total. The third-order valence-electron chi connectivity index (χ3n) is 6.42. The van der Waals surface area contributed by atoms with Crippen molar-refractivity contribution < 1.29 is 31.5 Å². The Morgan fingerprint density at radius 1 is 0.953 bits per heavy atom. The number of carbonyl (C=O) groups excluding carboxylic acids is 2. The normalized spacial score (nSPS) is 13.7. The zero-order chi connectivity index (χ0) is 31.2. The van der Waals surface area contributed by atoms with Crippen molar-refractivity contribution in [3.05, 3.63) is 88.8 Å². The van der Waals surface area contributed by atoms with Gasteiger partial charge in [-0.25, -0.2) is 8.78 Å². The van der Waals surface area contributed by atoms with Gasteiger partial charge in [-0.05, 0) is 42.7 Å². The fourth-order valence-corrected chi connectivity index (χ4v) is 4.14. The van der Waals surface area contributed by atoms with Crippen LogP contribution >= 0.6 is 0 Å². The Morgan fingerprint density at radius 3 is 2.44 bits per heavy atom. The third kappa shape index (κ3) is 8.70. The Morgan fingerprint density at radius 2 is 1.70 bits per heavy atom. The molecule has 3 N–H and O–H groups in total. The van der Waals surface area contributed by atoms with Gasteiger partial charge in [-0.15, -0.1) is 10.6 Å². The van der Waals surface area contributed by atoms with Crippen LogP contribution < -0.4 is 16.2 Å². The summed E-state index contributed by atoms with van der Waals surface area (Å²) in [5, 5.41) is 16.2. The molecule has 0 radical (unpaired) electrons. The summed E-state index contributed by atoms with van der Waals surface area (Å²) in [5.74, 6) is -3.98. The molecule has 4 rings (SSSR count). The Labute approximate surface area is 243 Å². The number of pyridine rings is 1. The molecule has 0 saturated heterocycles. The van der Waals surface area contributed by atoms with Crippen LogP contribution in [0.1, 0.15) is 52.6 Å². The molecule has 230 valence electrons. The second kappa shape index (κ2) is 13.1. The van der Waals surface area contributed by atoms with E-state index in [0.717, 1.165) is 19.1 Å². The number of alkyl halides is 5. The number of hydrogen-bond acceptors (Lipinski definition) is 8. The Bertz CT molecular complexity index is 1470. The molecule has 3 aromatic rings. The minimum Gasteiger partial charge on any atom is -0.347 e. The second-order valence-corrected chi connectivity index (χ2v) is 9.93. The third-order valence-corrected chi connectivity index (χ3v) is 6.42. The minimum atomic E-state index is -4.47. The molecular weight excluding hydrogens is 577 g/mol. The van der Waals surface area contributed by atoms with Gasteiger partial charge in [0.15, 0.2) is 5.69 Å². The van der Waals surface area contributed by atoms with Crippen molar-refractivity contribution in [2.24, 2.45) is 0 Å². The number of nitrogens with one attached hydrogen (secondary N) is 3. The van der Waals surface area contributed by atoms with Crippen LogP contribution in [0.5, 0.6) is 0 Å². The monoisotopic (exact) mass is 607 g/mol. The summed E-state index contributed by atoms with van der Waals surface area (Å²) in [6.07, 6.45) is 1.24. The molecule has 0 atom stereocenters. The Hall–Kier alpha value is -4.60. The van der Waals surface area contributed by atoms with Crippen molar-refractivity contribution in [2.45, 2.75) is 51.5 Å². The van der Waals surface area contributed by atoms with E-state index in [1.807, 2.05) is 0 Å². The molecule has 2 amide bonds. The number of likely N-dealkylation sites (N-methyl/N-ethyl adjacent to an activating group) is 1. The Balaban J connectivity index is 1.19. The molecule has 3 heterocycles. The quantitative estimate of drug-likeness (QED) is 0.212. The van der Waals surface area contributed by atoms with Crippen molar-refractivity contribution in [2.75, 3.05) is 13.6 Å². The lowest BCUT2D eigenvalue weighted by Crippen LogP contribution is -2.40. The minimum absolute atomic E-state index is 0.0168. The number of nitrogens with zero attached hydrogens (tertiary/aromatic N) is 6. The van der Waals surface area contributed by atoms with E-state index in [-0.39, 0.29) is 24.3 Å². The van der Waals surface area contributed by atoms with E-state index in [0.29, 0.717) is 42.9 Å². The summed E-state index contributed by atoms with van der Waals surface area (Å²) >= 11 is 0. The summed E-state index contributed by atoms with van der Waals surface area (Å²) in [7, 11) is 1.66. The fourth-order valence-electron chi connectivity index (χ4n) is 4.14. The number of unbranched alkanes of at least 4 members (excludes halogenated alkanes) is 1. The van der Waals surface area contributed by atoms with Gasteiger partial charge in [0.1, 0.15) is 5.70 Å². The maximum atomic E-state index is 13.6. The van der Waals surface area contributed by atoms with E-state index in [1.165, 1.54) is 46.3 Å². The van der Waals surface area contributed by atoms with E-state index < -0.39 is 29.5 Å². The summed E-state index contributed by atoms with van der Waals surface area (Å²) in [6, 6.07) is 7.18. The molecule has 0 aliphatic carbocycles. The van der Waals surface area contributed by atoms with Crippen molar-refractivity contribution in [1.29, 1.82) is 0 Å². The number of aromatic nitrogens is 4. The zero-order valence-electron chi connectivity index (χ0n) is 23.3. The standard InChI is InChI=1S/C27H30F5N9O2/c1-26(28,29)19-8-9-33-21(13-19)15-35-25(43)23-17-41(38-39(23)2)11-4-3-10-40-16-22(36-37-40)24(42)34-14-18-6-5-7-20(12-18)27(30,31)32/h5-9,12-13,16-17,38H,3-4,10-11,14-15H2,1-2H3,(H,34,42)(H,35,43). The largest absolute Gasteiger partial charge is 0.416 e. The van der Waals surface area contributed by atoms with E-state index >= 15 is 0 Å². The first-order chi connectivity index (χ1) is 20.3. The Kier molecular flexibility index (Phi) is 9.58. The summed E-state index contributed by atoms with van der Waals surface area (Å²) in [5.41, 5.74) is 3.02. The average molecular weight is 608 g/mol.